The van der Waals surface area contributed by atoms with E-state index in [0.29, 0.717) is 0 Å². The molecule has 1 atom stereocenters. The Balaban J connectivity index is 2.50. The van der Waals surface area contributed by atoms with Gasteiger partial charge in [-0.1, -0.05) is 0 Å². The topological polar surface area (TPSA) is 49.2 Å². The number of aryl methyl sites for hydroxylation is 1. The van der Waals surface area contributed by atoms with E-state index < -0.39 is 6.10 Å². The van der Waals surface area contributed by atoms with Crippen molar-refractivity contribution in [2.75, 3.05) is 18.5 Å². The summed E-state index contributed by atoms with van der Waals surface area (Å²) in [6, 6.07) is 0. The van der Waals surface area contributed by atoms with E-state index in [1.54, 1.807) is 6.20 Å². The van der Waals surface area contributed by atoms with Crippen LogP contribution in [0.4, 0.5) is 5.82 Å². The highest BCUT2D eigenvalue weighted by molar-refractivity contribution is 5.48. The molecule has 2 heterocycles. The Morgan fingerprint density at radius 1 is 1.62 bits per heavy atom. The van der Waals surface area contributed by atoms with Gasteiger partial charge < -0.3 is 10.0 Å². The van der Waals surface area contributed by atoms with E-state index in [2.05, 4.69) is 14.9 Å². The first-order chi connectivity index (χ1) is 6.18. The molecule has 0 spiro atoms. The SMILES string of the molecule is Cc1ncc2c(n1)N(C)CCC2O. The number of fused-ring (bicyclic) bond motifs is 1. The first-order valence-corrected chi connectivity index (χ1v) is 4.41. The normalized spacial score (nSPS) is 21.5. The molecule has 1 aromatic heterocycles. The number of aliphatic hydroxyl groups is 1. The first-order valence-electron chi connectivity index (χ1n) is 4.41. The van der Waals surface area contributed by atoms with Crippen LogP contribution in [-0.4, -0.2) is 28.7 Å². The summed E-state index contributed by atoms with van der Waals surface area (Å²) in [5, 5.41) is 9.66. The lowest BCUT2D eigenvalue weighted by molar-refractivity contribution is 0.164. The number of rotatable bonds is 0. The summed E-state index contributed by atoms with van der Waals surface area (Å²) in [4.78, 5) is 10.4. The van der Waals surface area contributed by atoms with Gasteiger partial charge in [0.1, 0.15) is 11.6 Å². The predicted octanol–water partition coefficient (Wildman–Crippen LogP) is 0.658. The Kier molecular flexibility index (Phi) is 1.92. The highest BCUT2D eigenvalue weighted by Gasteiger charge is 2.22. The largest absolute Gasteiger partial charge is 0.388 e. The molecule has 0 saturated heterocycles. The van der Waals surface area contributed by atoms with Crippen LogP contribution in [0.25, 0.3) is 0 Å². The smallest absolute Gasteiger partial charge is 0.137 e. The molecule has 13 heavy (non-hydrogen) atoms. The van der Waals surface area contributed by atoms with E-state index in [1.807, 2.05) is 14.0 Å². The van der Waals surface area contributed by atoms with Gasteiger partial charge in [0.2, 0.25) is 0 Å². The average molecular weight is 179 g/mol. The number of aromatic nitrogens is 2. The molecule has 0 saturated carbocycles. The molecular formula is C9H13N3O. The maximum absolute atomic E-state index is 9.66. The fourth-order valence-corrected chi connectivity index (χ4v) is 1.59. The van der Waals surface area contributed by atoms with E-state index >= 15 is 0 Å². The molecule has 0 aromatic carbocycles. The molecule has 4 nitrogen and oxygen atoms in total. The summed E-state index contributed by atoms with van der Waals surface area (Å²) in [6.45, 7) is 2.71. The molecular weight excluding hydrogens is 166 g/mol. The first kappa shape index (κ1) is 8.44. The summed E-state index contributed by atoms with van der Waals surface area (Å²) in [7, 11) is 1.98. The molecule has 1 unspecified atom stereocenters. The maximum Gasteiger partial charge on any atom is 0.137 e. The van der Waals surface area contributed by atoms with Crippen LogP contribution in [-0.2, 0) is 0 Å². The molecule has 0 aliphatic carbocycles. The molecule has 1 N–H and O–H groups in total. The van der Waals surface area contributed by atoms with E-state index in [0.717, 1.165) is 30.2 Å². The number of aliphatic hydroxyl groups excluding tert-OH is 1. The molecule has 0 fully saturated rings. The zero-order valence-corrected chi connectivity index (χ0v) is 7.86. The second-order valence-electron chi connectivity index (χ2n) is 3.42. The van der Waals surface area contributed by atoms with Gasteiger partial charge in [-0.15, -0.1) is 0 Å². The van der Waals surface area contributed by atoms with Crippen molar-refractivity contribution in [1.29, 1.82) is 0 Å². The number of hydrogen-bond donors (Lipinski definition) is 1. The van der Waals surface area contributed by atoms with Crippen molar-refractivity contribution in [3.63, 3.8) is 0 Å². The summed E-state index contributed by atoms with van der Waals surface area (Å²) < 4.78 is 0. The average Bonchev–Trinajstić information content (AvgIpc) is 2.12. The quantitative estimate of drug-likeness (QED) is 0.635. The van der Waals surface area contributed by atoms with Crippen molar-refractivity contribution in [3.8, 4) is 0 Å². The summed E-state index contributed by atoms with van der Waals surface area (Å²) in [5.74, 6) is 1.62. The van der Waals surface area contributed by atoms with Crippen LogP contribution in [0.2, 0.25) is 0 Å². The Morgan fingerprint density at radius 3 is 3.15 bits per heavy atom. The van der Waals surface area contributed by atoms with Gasteiger partial charge >= 0.3 is 0 Å². The van der Waals surface area contributed by atoms with Crippen LogP contribution in [0.15, 0.2) is 6.20 Å². The Hall–Kier alpha value is -1.16. The number of nitrogens with zero attached hydrogens (tertiary/aromatic N) is 3. The van der Waals surface area contributed by atoms with Crippen molar-refractivity contribution in [3.05, 3.63) is 17.6 Å². The second-order valence-corrected chi connectivity index (χ2v) is 3.42. The molecule has 2 rings (SSSR count). The highest BCUT2D eigenvalue weighted by atomic mass is 16.3. The fraction of sp³-hybridized carbons (Fsp3) is 0.556. The van der Waals surface area contributed by atoms with Crippen molar-refractivity contribution in [2.45, 2.75) is 19.4 Å². The Bertz CT molecular complexity index is 327. The molecule has 0 radical (unpaired) electrons. The van der Waals surface area contributed by atoms with Gasteiger partial charge in [-0.3, -0.25) is 0 Å². The van der Waals surface area contributed by atoms with Gasteiger partial charge in [0.05, 0.1) is 6.10 Å². The maximum atomic E-state index is 9.66. The van der Waals surface area contributed by atoms with Crippen LogP contribution in [0.1, 0.15) is 23.9 Å². The van der Waals surface area contributed by atoms with Crippen LogP contribution in [0.3, 0.4) is 0 Å². The summed E-state index contributed by atoms with van der Waals surface area (Å²) in [6.07, 6.45) is 2.08. The van der Waals surface area contributed by atoms with Gasteiger partial charge in [0.15, 0.2) is 0 Å². The second kappa shape index (κ2) is 2.96. The zero-order chi connectivity index (χ0) is 9.42. The lowest BCUT2D eigenvalue weighted by Gasteiger charge is -2.29. The lowest BCUT2D eigenvalue weighted by atomic mass is 10.0. The lowest BCUT2D eigenvalue weighted by Crippen LogP contribution is -2.28. The summed E-state index contributed by atoms with van der Waals surface area (Å²) in [5.41, 5.74) is 0.847. The van der Waals surface area contributed by atoms with Crippen LogP contribution >= 0.6 is 0 Å². The van der Waals surface area contributed by atoms with Gasteiger partial charge in [-0.05, 0) is 13.3 Å². The monoisotopic (exact) mass is 179 g/mol. The minimum atomic E-state index is -0.396. The molecule has 1 aromatic rings. The highest BCUT2D eigenvalue weighted by Crippen LogP contribution is 2.30. The van der Waals surface area contributed by atoms with Crippen molar-refractivity contribution >= 4 is 5.82 Å². The van der Waals surface area contributed by atoms with E-state index in [-0.39, 0.29) is 0 Å². The Morgan fingerprint density at radius 2 is 2.38 bits per heavy atom. The van der Waals surface area contributed by atoms with Crippen molar-refractivity contribution < 1.29 is 5.11 Å². The van der Waals surface area contributed by atoms with Crippen LogP contribution in [0.5, 0.6) is 0 Å². The summed E-state index contributed by atoms with van der Waals surface area (Å²) >= 11 is 0. The molecule has 1 aliphatic heterocycles. The van der Waals surface area contributed by atoms with Gasteiger partial charge in [-0.25, -0.2) is 9.97 Å². The number of anilines is 1. The van der Waals surface area contributed by atoms with Crippen LogP contribution in [0, 0.1) is 6.92 Å². The van der Waals surface area contributed by atoms with Crippen LogP contribution < -0.4 is 4.90 Å². The zero-order valence-electron chi connectivity index (χ0n) is 7.86. The molecule has 4 heteroatoms. The third kappa shape index (κ3) is 1.37. The van der Waals surface area contributed by atoms with Crippen molar-refractivity contribution in [1.82, 2.24) is 9.97 Å². The standard InChI is InChI=1S/C9H13N3O/c1-6-10-5-7-8(13)3-4-12(2)9(7)11-6/h5,8,13H,3-4H2,1-2H3. The molecule has 0 bridgehead atoms. The molecule has 0 amide bonds. The number of hydrogen-bond acceptors (Lipinski definition) is 4. The third-order valence-electron chi connectivity index (χ3n) is 2.37. The minimum absolute atomic E-state index is 0.396. The molecule has 70 valence electrons. The van der Waals surface area contributed by atoms with Gasteiger partial charge in [-0.2, -0.15) is 0 Å². The minimum Gasteiger partial charge on any atom is -0.388 e. The van der Waals surface area contributed by atoms with Gasteiger partial charge in [0.25, 0.3) is 0 Å². The third-order valence-corrected chi connectivity index (χ3v) is 2.37. The van der Waals surface area contributed by atoms with E-state index in [4.69, 9.17) is 0 Å². The predicted molar refractivity (Wildman–Crippen MR) is 49.6 cm³/mol. The molecule has 1 aliphatic rings. The fourth-order valence-electron chi connectivity index (χ4n) is 1.59. The van der Waals surface area contributed by atoms with E-state index in [1.165, 1.54) is 0 Å². The van der Waals surface area contributed by atoms with Crippen molar-refractivity contribution in [2.24, 2.45) is 0 Å². The van der Waals surface area contributed by atoms with Gasteiger partial charge in [0, 0.05) is 25.4 Å². The Labute approximate surface area is 77.2 Å². The van der Waals surface area contributed by atoms with E-state index in [9.17, 15) is 5.11 Å².